The summed E-state index contributed by atoms with van der Waals surface area (Å²) in [5.74, 6) is 2.49. The predicted molar refractivity (Wildman–Crippen MR) is 117 cm³/mol. The van der Waals surface area contributed by atoms with Crippen molar-refractivity contribution in [3.05, 3.63) is 48.4 Å². The van der Waals surface area contributed by atoms with Gasteiger partial charge in [-0.3, -0.25) is 0 Å². The zero-order valence-corrected chi connectivity index (χ0v) is 19.0. The number of aromatic nitrogens is 2. The molecule has 1 fully saturated rings. The van der Waals surface area contributed by atoms with Gasteiger partial charge in [0.2, 0.25) is 21.8 Å². The van der Waals surface area contributed by atoms with Crippen molar-refractivity contribution >= 4 is 10.0 Å². The molecule has 1 aliphatic rings. The van der Waals surface area contributed by atoms with E-state index in [0.29, 0.717) is 43.5 Å². The summed E-state index contributed by atoms with van der Waals surface area (Å²) in [6.45, 7) is 0.699. The SMILES string of the molecule is COc1ccc(-c2nnc(C3CCN(S(=O)(=O)c4ccc(OC)cc4OC)CC3)o2)cc1. The summed E-state index contributed by atoms with van der Waals surface area (Å²) in [4.78, 5) is 0.124. The molecule has 0 bridgehead atoms. The van der Waals surface area contributed by atoms with Crippen LogP contribution in [0.3, 0.4) is 0 Å². The van der Waals surface area contributed by atoms with Gasteiger partial charge in [0.05, 0.1) is 21.3 Å². The molecular weight excluding hydrogens is 434 g/mol. The van der Waals surface area contributed by atoms with Crippen LogP contribution in [0, 0.1) is 0 Å². The van der Waals surface area contributed by atoms with Gasteiger partial charge in [-0.1, -0.05) is 0 Å². The molecule has 0 atom stereocenters. The van der Waals surface area contributed by atoms with E-state index in [2.05, 4.69) is 10.2 Å². The average Bonchev–Trinajstić information content (AvgIpc) is 3.34. The summed E-state index contributed by atoms with van der Waals surface area (Å²) < 4.78 is 49.4. The number of hydrogen-bond acceptors (Lipinski definition) is 8. The lowest BCUT2D eigenvalue weighted by Crippen LogP contribution is -2.38. The average molecular weight is 460 g/mol. The molecule has 2 aromatic carbocycles. The summed E-state index contributed by atoms with van der Waals surface area (Å²) in [5, 5.41) is 8.35. The minimum atomic E-state index is -3.71. The topological polar surface area (TPSA) is 104 Å². The van der Waals surface area contributed by atoms with Gasteiger partial charge in [0.15, 0.2) is 0 Å². The lowest BCUT2D eigenvalue weighted by atomic mass is 9.98. The maximum absolute atomic E-state index is 13.2. The first-order valence-electron chi connectivity index (χ1n) is 10.2. The van der Waals surface area contributed by atoms with Crippen LogP contribution in [0.2, 0.25) is 0 Å². The van der Waals surface area contributed by atoms with E-state index in [1.165, 1.54) is 24.6 Å². The second-order valence-electron chi connectivity index (χ2n) is 7.37. The van der Waals surface area contributed by atoms with E-state index in [9.17, 15) is 8.42 Å². The normalized spacial score (nSPS) is 15.5. The Balaban J connectivity index is 1.46. The maximum atomic E-state index is 13.2. The highest BCUT2D eigenvalue weighted by atomic mass is 32.2. The van der Waals surface area contributed by atoms with Crippen LogP contribution in [-0.4, -0.2) is 57.3 Å². The van der Waals surface area contributed by atoms with E-state index in [-0.39, 0.29) is 16.6 Å². The van der Waals surface area contributed by atoms with Crippen LogP contribution in [0.4, 0.5) is 0 Å². The first kappa shape index (κ1) is 22.1. The Bertz CT molecular complexity index is 1170. The molecule has 0 saturated carbocycles. The van der Waals surface area contributed by atoms with Crippen molar-refractivity contribution in [1.82, 2.24) is 14.5 Å². The molecule has 9 nitrogen and oxygen atoms in total. The Kier molecular flexibility index (Phi) is 6.33. The van der Waals surface area contributed by atoms with Crippen molar-refractivity contribution in [3.8, 4) is 28.7 Å². The Morgan fingerprint density at radius 1 is 0.906 bits per heavy atom. The molecular formula is C22H25N3O6S. The van der Waals surface area contributed by atoms with E-state index in [1.807, 2.05) is 24.3 Å². The van der Waals surface area contributed by atoms with Crippen LogP contribution in [-0.2, 0) is 10.0 Å². The van der Waals surface area contributed by atoms with Crippen molar-refractivity contribution < 1.29 is 27.0 Å². The number of sulfonamides is 1. The second kappa shape index (κ2) is 9.17. The van der Waals surface area contributed by atoms with Gasteiger partial charge in [-0.25, -0.2) is 8.42 Å². The molecule has 10 heteroatoms. The summed E-state index contributed by atoms with van der Waals surface area (Å²) in [6, 6.07) is 12.1. The minimum absolute atomic E-state index is 0.00119. The number of methoxy groups -OCH3 is 3. The molecule has 0 amide bonds. The number of benzene rings is 2. The fourth-order valence-corrected chi connectivity index (χ4v) is 5.33. The van der Waals surface area contributed by atoms with Gasteiger partial charge in [-0.05, 0) is 49.2 Å². The summed E-state index contributed by atoms with van der Waals surface area (Å²) in [7, 11) is 0.862. The number of piperidine rings is 1. The molecule has 4 rings (SSSR count). The Morgan fingerprint density at radius 2 is 1.56 bits per heavy atom. The molecule has 0 radical (unpaired) electrons. The fraction of sp³-hybridized carbons (Fsp3) is 0.364. The smallest absolute Gasteiger partial charge is 0.247 e. The van der Waals surface area contributed by atoms with E-state index < -0.39 is 10.0 Å². The van der Waals surface area contributed by atoms with Gasteiger partial charge in [-0.15, -0.1) is 10.2 Å². The molecule has 0 N–H and O–H groups in total. The molecule has 0 aliphatic carbocycles. The maximum Gasteiger partial charge on any atom is 0.247 e. The molecule has 2 heterocycles. The lowest BCUT2D eigenvalue weighted by molar-refractivity contribution is 0.290. The molecule has 0 unspecified atom stereocenters. The summed E-state index contributed by atoms with van der Waals surface area (Å²) >= 11 is 0. The quantitative estimate of drug-likeness (QED) is 0.530. The van der Waals surface area contributed by atoms with Gasteiger partial charge in [0.25, 0.3) is 0 Å². The van der Waals surface area contributed by atoms with Crippen molar-refractivity contribution in [1.29, 1.82) is 0 Å². The van der Waals surface area contributed by atoms with Crippen LogP contribution in [0.5, 0.6) is 17.2 Å². The number of ether oxygens (including phenoxy) is 3. The minimum Gasteiger partial charge on any atom is -0.497 e. The van der Waals surface area contributed by atoms with Gasteiger partial charge in [-0.2, -0.15) is 4.31 Å². The van der Waals surface area contributed by atoms with Crippen molar-refractivity contribution in [3.63, 3.8) is 0 Å². The zero-order chi connectivity index (χ0) is 22.7. The van der Waals surface area contributed by atoms with Crippen molar-refractivity contribution in [2.24, 2.45) is 0 Å². The Morgan fingerprint density at radius 3 is 2.19 bits per heavy atom. The Labute approximate surface area is 187 Å². The standard InChI is InChI=1S/C22H25N3O6S/c1-28-17-6-4-15(5-7-17)21-23-24-22(31-21)16-10-12-25(13-11-16)32(26,27)20-9-8-18(29-2)14-19(20)30-3/h4-9,14,16H,10-13H2,1-3H3. The van der Waals surface area contributed by atoms with Crippen LogP contribution >= 0.6 is 0 Å². The highest BCUT2D eigenvalue weighted by molar-refractivity contribution is 7.89. The highest BCUT2D eigenvalue weighted by Gasteiger charge is 2.33. The van der Waals surface area contributed by atoms with Crippen LogP contribution in [0.25, 0.3) is 11.5 Å². The molecule has 1 aliphatic heterocycles. The molecule has 1 aromatic heterocycles. The van der Waals surface area contributed by atoms with E-state index in [1.54, 1.807) is 19.2 Å². The molecule has 0 spiro atoms. The van der Waals surface area contributed by atoms with Crippen molar-refractivity contribution in [2.75, 3.05) is 34.4 Å². The molecule has 3 aromatic rings. The lowest BCUT2D eigenvalue weighted by Gasteiger charge is -2.30. The molecule has 170 valence electrons. The zero-order valence-electron chi connectivity index (χ0n) is 18.1. The third-order valence-electron chi connectivity index (χ3n) is 5.57. The highest BCUT2D eigenvalue weighted by Crippen LogP contribution is 2.35. The monoisotopic (exact) mass is 459 g/mol. The molecule has 1 saturated heterocycles. The van der Waals surface area contributed by atoms with E-state index >= 15 is 0 Å². The first-order valence-corrected chi connectivity index (χ1v) is 11.6. The largest absolute Gasteiger partial charge is 0.497 e. The van der Waals surface area contributed by atoms with Gasteiger partial charge < -0.3 is 18.6 Å². The van der Waals surface area contributed by atoms with E-state index in [0.717, 1.165) is 11.3 Å². The second-order valence-corrected chi connectivity index (χ2v) is 9.28. The fourth-order valence-electron chi connectivity index (χ4n) is 3.72. The van der Waals surface area contributed by atoms with Gasteiger partial charge >= 0.3 is 0 Å². The summed E-state index contributed by atoms with van der Waals surface area (Å²) in [5.41, 5.74) is 0.802. The number of rotatable bonds is 7. The van der Waals surface area contributed by atoms with Gasteiger partial charge in [0, 0.05) is 30.6 Å². The van der Waals surface area contributed by atoms with E-state index in [4.69, 9.17) is 18.6 Å². The third kappa shape index (κ3) is 4.28. The predicted octanol–water partition coefficient (Wildman–Crippen LogP) is 3.33. The number of nitrogens with zero attached hydrogens (tertiary/aromatic N) is 3. The Hall–Kier alpha value is -3.11. The third-order valence-corrected chi connectivity index (χ3v) is 7.51. The van der Waals surface area contributed by atoms with Crippen LogP contribution in [0.1, 0.15) is 24.7 Å². The van der Waals surface area contributed by atoms with Crippen molar-refractivity contribution in [2.45, 2.75) is 23.7 Å². The van der Waals surface area contributed by atoms with Gasteiger partial charge in [0.1, 0.15) is 22.1 Å². The first-order chi connectivity index (χ1) is 15.5. The van der Waals surface area contributed by atoms with Crippen LogP contribution < -0.4 is 14.2 Å². The number of hydrogen-bond donors (Lipinski definition) is 0. The van der Waals surface area contributed by atoms with Crippen LogP contribution in [0.15, 0.2) is 51.8 Å². The summed E-state index contributed by atoms with van der Waals surface area (Å²) in [6.07, 6.45) is 1.17. The molecule has 32 heavy (non-hydrogen) atoms.